The van der Waals surface area contributed by atoms with E-state index >= 15 is 0 Å². The van der Waals surface area contributed by atoms with Gasteiger partial charge in [-0.25, -0.2) is 4.68 Å². The molecule has 2 heterocycles. The summed E-state index contributed by atoms with van der Waals surface area (Å²) in [6.07, 6.45) is -2.23. The highest BCUT2D eigenvalue weighted by molar-refractivity contribution is 5.43. The van der Waals surface area contributed by atoms with Crippen LogP contribution in [0.15, 0.2) is 24.4 Å². The minimum absolute atomic E-state index is 0.0640. The van der Waals surface area contributed by atoms with Gasteiger partial charge in [0.1, 0.15) is 18.4 Å². The fraction of sp³-hybridized carbons (Fsp3) is 0.583. The highest BCUT2D eigenvalue weighted by atomic mass is 19.4. The van der Waals surface area contributed by atoms with E-state index in [0.717, 1.165) is 24.0 Å². The van der Waals surface area contributed by atoms with Crippen molar-refractivity contribution >= 4 is 0 Å². The molecule has 1 aromatic heterocycles. The van der Waals surface area contributed by atoms with E-state index in [2.05, 4.69) is 22.2 Å². The van der Waals surface area contributed by atoms with Crippen molar-refractivity contribution < 1.29 is 27.4 Å². The van der Waals surface area contributed by atoms with E-state index in [4.69, 9.17) is 14.2 Å². The van der Waals surface area contributed by atoms with Crippen LogP contribution < -0.4 is 0 Å². The van der Waals surface area contributed by atoms with Crippen LogP contribution in [-0.4, -0.2) is 47.3 Å². The Kier molecular flexibility index (Phi) is 6.80. The molecule has 0 amide bonds. The first-order valence-electron chi connectivity index (χ1n) is 11.0. The van der Waals surface area contributed by atoms with Crippen LogP contribution in [0.5, 0.6) is 0 Å². The lowest BCUT2D eigenvalue weighted by Crippen LogP contribution is -2.39. The Bertz CT molecular complexity index is 1020. The molecule has 0 N–H and O–H groups in total. The number of ether oxygens (including phenoxy) is 3. The average Bonchev–Trinajstić information content (AvgIpc) is 3.46. The van der Waals surface area contributed by atoms with Crippen molar-refractivity contribution in [2.75, 3.05) is 19.8 Å². The van der Waals surface area contributed by atoms with Gasteiger partial charge in [0.05, 0.1) is 26.0 Å². The minimum atomic E-state index is -4.47. The van der Waals surface area contributed by atoms with Gasteiger partial charge < -0.3 is 14.2 Å². The molecule has 1 saturated carbocycles. The second kappa shape index (κ2) is 9.45. The monoisotopic (exact) mass is 463 g/mol. The molecule has 2 aromatic rings. The van der Waals surface area contributed by atoms with Gasteiger partial charge in [-0.1, -0.05) is 37.0 Å². The number of alkyl halides is 3. The number of rotatable bonds is 6. The van der Waals surface area contributed by atoms with Crippen molar-refractivity contribution in [2.45, 2.75) is 58.7 Å². The predicted molar refractivity (Wildman–Crippen MR) is 114 cm³/mol. The molecule has 1 aliphatic heterocycles. The maximum atomic E-state index is 13.0. The van der Waals surface area contributed by atoms with Crippen molar-refractivity contribution in [3.05, 3.63) is 46.8 Å². The Labute approximate surface area is 191 Å². The number of hydrogen-bond acceptors (Lipinski definition) is 5. The van der Waals surface area contributed by atoms with E-state index in [9.17, 15) is 13.2 Å². The van der Waals surface area contributed by atoms with Crippen LogP contribution >= 0.6 is 0 Å². The smallest absolute Gasteiger partial charge is 0.358 e. The zero-order chi connectivity index (χ0) is 23.6. The molecule has 0 radical (unpaired) electrons. The summed E-state index contributed by atoms with van der Waals surface area (Å²) >= 11 is 0. The van der Waals surface area contributed by atoms with Crippen LogP contribution in [0.3, 0.4) is 0 Å². The Hall–Kier alpha value is -2.41. The first kappa shape index (κ1) is 23.7. The molecule has 0 spiro atoms. The van der Waals surface area contributed by atoms with Gasteiger partial charge in [0.25, 0.3) is 0 Å². The SMILES string of the molecule is Cc1ccc(C#CC2CC2)cc1C(OCC(F)(F)F)c1cn(CC2OCC(C)(C)CO2)nn1. The largest absolute Gasteiger partial charge is 0.411 e. The third-order valence-corrected chi connectivity index (χ3v) is 5.45. The van der Waals surface area contributed by atoms with E-state index < -0.39 is 25.2 Å². The van der Waals surface area contributed by atoms with Gasteiger partial charge in [-0.05, 0) is 43.0 Å². The van der Waals surface area contributed by atoms with Gasteiger partial charge in [0.2, 0.25) is 0 Å². The first-order chi connectivity index (χ1) is 15.6. The molecule has 0 bridgehead atoms. The highest BCUT2D eigenvalue weighted by Crippen LogP contribution is 2.31. The molecular formula is C24H28F3N3O3. The Morgan fingerprint density at radius 3 is 2.64 bits per heavy atom. The molecule has 1 unspecified atom stereocenters. The van der Waals surface area contributed by atoms with Crippen molar-refractivity contribution in [2.24, 2.45) is 11.3 Å². The van der Waals surface area contributed by atoms with Crippen LogP contribution in [0.2, 0.25) is 0 Å². The van der Waals surface area contributed by atoms with Crippen molar-refractivity contribution in [1.29, 1.82) is 0 Å². The third-order valence-electron chi connectivity index (χ3n) is 5.45. The van der Waals surface area contributed by atoms with Gasteiger partial charge in [0, 0.05) is 16.9 Å². The molecule has 1 atom stereocenters. The second-order valence-corrected chi connectivity index (χ2v) is 9.50. The molecule has 4 rings (SSSR count). The molecule has 2 fully saturated rings. The number of halogens is 3. The van der Waals surface area contributed by atoms with Gasteiger partial charge in [0.15, 0.2) is 6.29 Å². The van der Waals surface area contributed by atoms with Gasteiger partial charge in [-0.2, -0.15) is 13.2 Å². The van der Waals surface area contributed by atoms with Gasteiger partial charge in [-0.3, -0.25) is 0 Å². The molecular weight excluding hydrogens is 435 g/mol. The van der Waals surface area contributed by atoms with Crippen molar-refractivity contribution in [3.8, 4) is 11.8 Å². The van der Waals surface area contributed by atoms with E-state index in [1.165, 1.54) is 4.68 Å². The zero-order valence-electron chi connectivity index (χ0n) is 19.0. The molecule has 1 aromatic carbocycles. The molecule has 2 aliphatic rings. The fourth-order valence-electron chi connectivity index (χ4n) is 3.43. The molecule has 1 saturated heterocycles. The molecule has 33 heavy (non-hydrogen) atoms. The first-order valence-corrected chi connectivity index (χ1v) is 11.0. The van der Waals surface area contributed by atoms with E-state index in [0.29, 0.717) is 24.7 Å². The standard InChI is InChI=1S/C24H28F3N3O3/c1-16-4-5-18(9-8-17-6-7-17)10-19(16)22(33-15-24(25,26)27)20-11-30(29-28-20)12-21-31-13-23(2,3)14-32-21/h4-5,10-11,17,21-22H,6-7,12-15H2,1-3H3. The third kappa shape index (κ3) is 6.79. The predicted octanol–water partition coefficient (Wildman–Crippen LogP) is 4.42. The van der Waals surface area contributed by atoms with Gasteiger partial charge in [-0.15, -0.1) is 5.10 Å². The van der Waals surface area contributed by atoms with Crippen molar-refractivity contribution in [3.63, 3.8) is 0 Å². The highest BCUT2D eigenvalue weighted by Gasteiger charge is 2.32. The lowest BCUT2D eigenvalue weighted by Gasteiger charge is -2.34. The van der Waals surface area contributed by atoms with Crippen LogP contribution in [0.4, 0.5) is 13.2 Å². The normalized spacial score (nSPS) is 19.7. The van der Waals surface area contributed by atoms with Crippen LogP contribution in [0, 0.1) is 30.1 Å². The number of hydrogen-bond donors (Lipinski definition) is 0. The summed E-state index contributed by atoms with van der Waals surface area (Å²) in [7, 11) is 0. The van der Waals surface area contributed by atoms with E-state index in [1.54, 1.807) is 12.3 Å². The Balaban J connectivity index is 1.55. The van der Waals surface area contributed by atoms with Crippen LogP contribution in [0.25, 0.3) is 0 Å². The number of aromatic nitrogens is 3. The zero-order valence-corrected chi connectivity index (χ0v) is 19.0. The summed E-state index contributed by atoms with van der Waals surface area (Å²) in [5, 5.41) is 8.19. The van der Waals surface area contributed by atoms with Crippen LogP contribution in [0.1, 0.15) is 55.2 Å². The topological polar surface area (TPSA) is 58.4 Å². The van der Waals surface area contributed by atoms with Crippen molar-refractivity contribution in [1.82, 2.24) is 15.0 Å². The summed E-state index contributed by atoms with van der Waals surface area (Å²) in [6, 6.07) is 5.48. The number of nitrogens with zero attached hydrogens (tertiary/aromatic N) is 3. The summed E-state index contributed by atoms with van der Waals surface area (Å²) in [4.78, 5) is 0. The molecule has 9 heteroatoms. The maximum Gasteiger partial charge on any atom is 0.411 e. The number of aryl methyl sites for hydroxylation is 1. The lowest BCUT2D eigenvalue weighted by atomic mass is 9.96. The Morgan fingerprint density at radius 1 is 1.24 bits per heavy atom. The summed E-state index contributed by atoms with van der Waals surface area (Å²) in [6.45, 7) is 5.89. The average molecular weight is 464 g/mol. The van der Waals surface area contributed by atoms with Gasteiger partial charge >= 0.3 is 6.18 Å². The molecule has 178 valence electrons. The summed E-state index contributed by atoms with van der Waals surface area (Å²) in [5.74, 6) is 6.71. The lowest BCUT2D eigenvalue weighted by molar-refractivity contribution is -0.227. The fourth-order valence-corrected chi connectivity index (χ4v) is 3.43. The van der Waals surface area contributed by atoms with E-state index in [1.807, 2.05) is 32.9 Å². The number of benzene rings is 1. The van der Waals surface area contributed by atoms with E-state index in [-0.39, 0.29) is 17.7 Å². The Morgan fingerprint density at radius 2 is 1.97 bits per heavy atom. The minimum Gasteiger partial charge on any atom is -0.358 e. The summed E-state index contributed by atoms with van der Waals surface area (Å²) in [5.41, 5.74) is 2.33. The molecule has 6 nitrogen and oxygen atoms in total. The molecule has 1 aliphatic carbocycles. The maximum absolute atomic E-state index is 13.0. The quantitative estimate of drug-likeness (QED) is 0.594. The van der Waals surface area contributed by atoms with Crippen LogP contribution in [-0.2, 0) is 20.8 Å². The second-order valence-electron chi connectivity index (χ2n) is 9.50. The summed E-state index contributed by atoms with van der Waals surface area (Å²) < 4.78 is 57.3.